The molecule has 4 heteroatoms. The van der Waals surface area contributed by atoms with Crippen LogP contribution in [0, 0.1) is 11.3 Å². The molecule has 2 fully saturated rings. The van der Waals surface area contributed by atoms with Crippen LogP contribution in [0.25, 0.3) is 0 Å². The van der Waals surface area contributed by atoms with Crippen molar-refractivity contribution in [3.63, 3.8) is 0 Å². The summed E-state index contributed by atoms with van der Waals surface area (Å²) >= 11 is 0. The predicted molar refractivity (Wildman–Crippen MR) is 56.5 cm³/mol. The van der Waals surface area contributed by atoms with Gasteiger partial charge in [-0.05, 0) is 24.2 Å². The van der Waals surface area contributed by atoms with Crippen molar-refractivity contribution in [1.82, 2.24) is 4.31 Å². The molecule has 0 bridgehead atoms. The SMILES string of the molecule is CC1CCC2(CC1)CN(S(C)(=O)=O)C2. The van der Waals surface area contributed by atoms with Gasteiger partial charge in [-0.25, -0.2) is 12.7 Å². The molecule has 1 saturated heterocycles. The second kappa shape index (κ2) is 3.20. The van der Waals surface area contributed by atoms with Gasteiger partial charge < -0.3 is 0 Å². The zero-order valence-corrected chi connectivity index (χ0v) is 9.81. The lowest BCUT2D eigenvalue weighted by Crippen LogP contribution is -2.58. The van der Waals surface area contributed by atoms with Gasteiger partial charge in [0.25, 0.3) is 0 Å². The van der Waals surface area contributed by atoms with Crippen molar-refractivity contribution in [2.75, 3.05) is 19.3 Å². The summed E-state index contributed by atoms with van der Waals surface area (Å²) in [5.41, 5.74) is 0.357. The molecule has 2 aliphatic rings. The summed E-state index contributed by atoms with van der Waals surface area (Å²) in [7, 11) is -2.92. The van der Waals surface area contributed by atoms with Crippen molar-refractivity contribution in [3.8, 4) is 0 Å². The lowest BCUT2D eigenvalue weighted by atomic mass is 9.67. The average Bonchev–Trinajstić information content (AvgIpc) is 2.00. The molecule has 0 unspecified atom stereocenters. The fraction of sp³-hybridized carbons (Fsp3) is 1.00. The van der Waals surface area contributed by atoms with E-state index >= 15 is 0 Å². The van der Waals surface area contributed by atoms with E-state index in [4.69, 9.17) is 0 Å². The summed E-state index contributed by atoms with van der Waals surface area (Å²) in [5.74, 6) is 0.841. The highest BCUT2D eigenvalue weighted by Crippen LogP contribution is 2.46. The highest BCUT2D eigenvalue weighted by atomic mass is 32.2. The van der Waals surface area contributed by atoms with Crippen LogP contribution in [0.2, 0.25) is 0 Å². The molecule has 3 nitrogen and oxygen atoms in total. The second-order valence-corrected chi connectivity index (χ2v) is 7.20. The van der Waals surface area contributed by atoms with Crippen LogP contribution in [0.1, 0.15) is 32.6 Å². The average molecular weight is 217 g/mol. The number of nitrogens with zero attached hydrogens (tertiary/aromatic N) is 1. The highest BCUT2D eigenvalue weighted by Gasteiger charge is 2.47. The molecule has 2 rings (SSSR count). The number of hydrogen-bond donors (Lipinski definition) is 0. The van der Waals surface area contributed by atoms with E-state index in [2.05, 4.69) is 6.92 Å². The fourth-order valence-electron chi connectivity index (χ4n) is 2.63. The van der Waals surface area contributed by atoms with E-state index < -0.39 is 10.0 Å². The third-order valence-corrected chi connectivity index (χ3v) is 5.02. The molecule has 0 N–H and O–H groups in total. The van der Waals surface area contributed by atoms with E-state index in [-0.39, 0.29) is 0 Å². The number of rotatable bonds is 1. The first-order chi connectivity index (χ1) is 6.41. The molecule has 1 aliphatic heterocycles. The Morgan fingerprint density at radius 3 is 2.14 bits per heavy atom. The van der Waals surface area contributed by atoms with Gasteiger partial charge >= 0.3 is 0 Å². The van der Waals surface area contributed by atoms with Crippen LogP contribution < -0.4 is 0 Å². The van der Waals surface area contributed by atoms with Crippen molar-refractivity contribution >= 4 is 10.0 Å². The maximum atomic E-state index is 11.2. The van der Waals surface area contributed by atoms with Gasteiger partial charge in [-0.15, -0.1) is 0 Å². The lowest BCUT2D eigenvalue weighted by Gasteiger charge is -2.52. The molecule has 0 atom stereocenters. The van der Waals surface area contributed by atoms with Crippen LogP contribution in [0.4, 0.5) is 0 Å². The monoisotopic (exact) mass is 217 g/mol. The van der Waals surface area contributed by atoms with Gasteiger partial charge in [0.05, 0.1) is 6.26 Å². The summed E-state index contributed by atoms with van der Waals surface area (Å²) in [6.07, 6.45) is 6.31. The third kappa shape index (κ3) is 1.82. The Hall–Kier alpha value is -0.0900. The van der Waals surface area contributed by atoms with Crippen molar-refractivity contribution in [2.24, 2.45) is 11.3 Å². The maximum absolute atomic E-state index is 11.2. The van der Waals surface area contributed by atoms with Crippen molar-refractivity contribution in [2.45, 2.75) is 32.6 Å². The Kier molecular flexibility index (Phi) is 2.39. The van der Waals surface area contributed by atoms with Gasteiger partial charge in [0, 0.05) is 13.1 Å². The first-order valence-electron chi connectivity index (χ1n) is 5.36. The topological polar surface area (TPSA) is 37.4 Å². The van der Waals surface area contributed by atoms with Crippen LogP contribution in [0.5, 0.6) is 0 Å². The molecule has 82 valence electrons. The standard InChI is InChI=1S/C10H19NO2S/c1-9-3-5-10(6-4-9)7-11(8-10)14(2,12)13/h9H,3-8H2,1-2H3. The summed E-state index contributed by atoms with van der Waals surface area (Å²) in [5, 5.41) is 0. The molecule has 1 heterocycles. The van der Waals surface area contributed by atoms with E-state index in [9.17, 15) is 8.42 Å². The quantitative estimate of drug-likeness (QED) is 0.667. The Bertz CT molecular complexity index is 307. The molecule has 0 amide bonds. The first kappa shape index (κ1) is 10.4. The van der Waals surface area contributed by atoms with Gasteiger partial charge in [-0.3, -0.25) is 0 Å². The van der Waals surface area contributed by atoms with E-state index in [0.717, 1.165) is 19.0 Å². The number of sulfonamides is 1. The minimum Gasteiger partial charge on any atom is -0.213 e. The summed E-state index contributed by atoms with van der Waals surface area (Å²) in [6, 6.07) is 0. The van der Waals surface area contributed by atoms with Crippen LogP contribution in [0.15, 0.2) is 0 Å². The Balaban J connectivity index is 1.93. The van der Waals surface area contributed by atoms with E-state index in [1.54, 1.807) is 4.31 Å². The van der Waals surface area contributed by atoms with Crippen LogP contribution in [-0.2, 0) is 10.0 Å². The highest BCUT2D eigenvalue weighted by molar-refractivity contribution is 7.88. The largest absolute Gasteiger partial charge is 0.213 e. The fourth-order valence-corrected chi connectivity index (χ4v) is 3.64. The third-order valence-electron chi connectivity index (χ3n) is 3.83. The van der Waals surface area contributed by atoms with Gasteiger partial charge in [0.2, 0.25) is 10.0 Å². The molecule has 1 aliphatic carbocycles. The minimum atomic E-state index is -2.92. The Morgan fingerprint density at radius 1 is 1.21 bits per heavy atom. The van der Waals surface area contributed by atoms with Gasteiger partial charge in [-0.1, -0.05) is 19.8 Å². The smallest absolute Gasteiger partial charge is 0.211 e. The predicted octanol–water partition coefficient (Wildman–Crippen LogP) is 1.46. The zero-order valence-electron chi connectivity index (χ0n) is 8.99. The van der Waals surface area contributed by atoms with E-state index in [0.29, 0.717) is 5.41 Å². The first-order valence-corrected chi connectivity index (χ1v) is 7.21. The summed E-state index contributed by atoms with van der Waals surface area (Å²) in [6.45, 7) is 3.84. The summed E-state index contributed by atoms with van der Waals surface area (Å²) < 4.78 is 24.1. The molecular weight excluding hydrogens is 198 g/mol. The van der Waals surface area contributed by atoms with Crippen LogP contribution in [-0.4, -0.2) is 32.1 Å². The van der Waals surface area contributed by atoms with Crippen LogP contribution in [0.3, 0.4) is 0 Å². The molecule has 0 radical (unpaired) electrons. The number of hydrogen-bond acceptors (Lipinski definition) is 2. The van der Waals surface area contributed by atoms with Crippen LogP contribution >= 0.6 is 0 Å². The zero-order chi connectivity index (χ0) is 10.4. The molecule has 14 heavy (non-hydrogen) atoms. The van der Waals surface area contributed by atoms with Crippen molar-refractivity contribution in [3.05, 3.63) is 0 Å². The lowest BCUT2D eigenvalue weighted by molar-refractivity contribution is 0.0183. The minimum absolute atomic E-state index is 0.357. The summed E-state index contributed by atoms with van der Waals surface area (Å²) in [4.78, 5) is 0. The normalized spacial score (nSPS) is 29.0. The van der Waals surface area contributed by atoms with Gasteiger partial charge in [0.1, 0.15) is 0 Å². The molecular formula is C10H19NO2S. The molecule has 1 spiro atoms. The van der Waals surface area contributed by atoms with Gasteiger partial charge in [0.15, 0.2) is 0 Å². The maximum Gasteiger partial charge on any atom is 0.211 e. The molecule has 0 aromatic rings. The second-order valence-electron chi connectivity index (χ2n) is 5.21. The van der Waals surface area contributed by atoms with Crippen molar-refractivity contribution in [1.29, 1.82) is 0 Å². The Morgan fingerprint density at radius 2 is 1.71 bits per heavy atom. The van der Waals surface area contributed by atoms with E-state index in [1.165, 1.54) is 31.9 Å². The molecule has 0 aromatic carbocycles. The molecule has 0 aromatic heterocycles. The van der Waals surface area contributed by atoms with E-state index in [1.807, 2.05) is 0 Å². The van der Waals surface area contributed by atoms with Gasteiger partial charge in [-0.2, -0.15) is 0 Å². The Labute approximate surface area is 86.5 Å². The van der Waals surface area contributed by atoms with Crippen molar-refractivity contribution < 1.29 is 8.42 Å². The molecule has 1 saturated carbocycles.